The molecular weight excluding hydrogens is 392 g/mol. The molecule has 0 saturated heterocycles. The third-order valence-corrected chi connectivity index (χ3v) is 5.62. The van der Waals surface area contributed by atoms with Gasteiger partial charge in [0.05, 0.1) is 6.33 Å². The van der Waals surface area contributed by atoms with E-state index in [9.17, 15) is 14.7 Å². The normalized spacial score (nSPS) is 16.1. The number of carbonyl (C=O) groups excluding carboxylic acids is 2. The minimum atomic E-state index is -1.06. The number of aryl methyl sites for hydroxylation is 1. The average Bonchev–Trinajstić information content (AvgIpc) is 3.40. The van der Waals surface area contributed by atoms with E-state index in [0.29, 0.717) is 23.7 Å². The zero-order valence-corrected chi connectivity index (χ0v) is 16.8. The fraction of sp³-hybridized carbons (Fsp3) is 0.263. The van der Waals surface area contributed by atoms with Crippen molar-refractivity contribution in [3.8, 4) is 10.6 Å². The molecule has 0 bridgehead atoms. The number of rotatable bonds is 5. The van der Waals surface area contributed by atoms with Crippen molar-refractivity contribution >= 4 is 34.7 Å². The van der Waals surface area contributed by atoms with Gasteiger partial charge >= 0.3 is 0 Å². The van der Waals surface area contributed by atoms with Gasteiger partial charge in [-0.15, -0.1) is 11.3 Å². The molecule has 150 valence electrons. The Morgan fingerprint density at radius 3 is 2.66 bits per heavy atom. The number of aliphatic hydroxyl groups is 1. The Labute approximate surface area is 171 Å². The highest BCUT2D eigenvalue weighted by atomic mass is 32.1. The van der Waals surface area contributed by atoms with Crippen molar-refractivity contribution < 1.29 is 14.7 Å². The van der Waals surface area contributed by atoms with Gasteiger partial charge in [-0.05, 0) is 24.3 Å². The summed E-state index contributed by atoms with van der Waals surface area (Å²) in [6.07, 6.45) is 2.39. The quantitative estimate of drug-likeness (QED) is 0.663. The van der Waals surface area contributed by atoms with Crippen molar-refractivity contribution in [2.75, 3.05) is 24.3 Å². The van der Waals surface area contributed by atoms with E-state index in [1.807, 2.05) is 29.6 Å². The van der Waals surface area contributed by atoms with Crippen LogP contribution < -0.4 is 10.2 Å². The number of hydrogen-bond acceptors (Lipinski definition) is 7. The number of nitrogens with one attached hydrogen (secondary N) is 1. The molecule has 0 spiro atoms. The lowest BCUT2D eigenvalue weighted by molar-refractivity contribution is -0.116. The largest absolute Gasteiger partial charge is 0.356 e. The van der Waals surface area contributed by atoms with Crippen LogP contribution in [0.1, 0.15) is 16.9 Å². The van der Waals surface area contributed by atoms with Crippen molar-refractivity contribution in [3.05, 3.63) is 47.9 Å². The molecule has 0 aliphatic carbocycles. The van der Waals surface area contributed by atoms with Crippen molar-refractivity contribution in [2.24, 2.45) is 0 Å². The summed E-state index contributed by atoms with van der Waals surface area (Å²) >= 11 is 1.56. The van der Waals surface area contributed by atoms with Crippen molar-refractivity contribution in [2.45, 2.75) is 19.3 Å². The number of benzene rings is 1. The lowest BCUT2D eigenvalue weighted by atomic mass is 10.2. The number of aromatic nitrogens is 3. The molecule has 1 aromatic carbocycles. The molecule has 1 unspecified atom stereocenters. The van der Waals surface area contributed by atoms with Gasteiger partial charge in [0.25, 0.3) is 5.91 Å². The molecule has 2 N–H and O–H groups in total. The summed E-state index contributed by atoms with van der Waals surface area (Å²) in [6.45, 7) is 0.300. The molecule has 0 fully saturated rings. The summed E-state index contributed by atoms with van der Waals surface area (Å²) in [5.41, 5.74) is 2.06. The van der Waals surface area contributed by atoms with Gasteiger partial charge in [0.2, 0.25) is 12.3 Å². The molecule has 1 aliphatic heterocycles. The molecule has 4 rings (SSSR count). The minimum Gasteiger partial charge on any atom is -0.356 e. The summed E-state index contributed by atoms with van der Waals surface area (Å²) in [4.78, 5) is 36.1. The van der Waals surface area contributed by atoms with Crippen LogP contribution in [-0.2, 0) is 11.3 Å². The van der Waals surface area contributed by atoms with Crippen LogP contribution in [0.2, 0.25) is 0 Å². The number of anilines is 2. The lowest BCUT2D eigenvalue weighted by Crippen LogP contribution is -2.52. The molecular formula is C19H20N6O3S. The van der Waals surface area contributed by atoms with Crippen molar-refractivity contribution in [3.63, 3.8) is 0 Å². The van der Waals surface area contributed by atoms with Gasteiger partial charge in [0.1, 0.15) is 5.01 Å². The third-order valence-electron chi connectivity index (χ3n) is 4.80. The Hall–Kier alpha value is -3.24. The Bertz CT molecular complexity index is 1030. The van der Waals surface area contributed by atoms with Crippen molar-refractivity contribution in [1.82, 2.24) is 19.4 Å². The van der Waals surface area contributed by atoms with Crippen LogP contribution in [-0.4, -0.2) is 56.8 Å². The van der Waals surface area contributed by atoms with E-state index in [4.69, 9.17) is 0 Å². The number of nitrogens with zero attached hydrogens (tertiary/aromatic N) is 5. The highest BCUT2D eigenvalue weighted by Gasteiger charge is 2.36. The monoisotopic (exact) mass is 412 g/mol. The van der Waals surface area contributed by atoms with Gasteiger partial charge < -0.3 is 19.9 Å². The second-order valence-corrected chi connectivity index (χ2v) is 7.59. The Kier molecular flexibility index (Phi) is 5.03. The van der Waals surface area contributed by atoms with E-state index in [2.05, 4.69) is 15.3 Å². The maximum atomic E-state index is 12.5. The second kappa shape index (κ2) is 7.64. The van der Waals surface area contributed by atoms with Crippen LogP contribution in [0, 0.1) is 0 Å². The van der Waals surface area contributed by atoms with Crippen LogP contribution in [0.15, 0.2) is 42.2 Å². The summed E-state index contributed by atoms with van der Waals surface area (Å²) < 4.78 is 1.64. The Balaban J connectivity index is 1.40. The Morgan fingerprint density at radius 2 is 1.97 bits per heavy atom. The zero-order chi connectivity index (χ0) is 20.5. The summed E-state index contributed by atoms with van der Waals surface area (Å²) in [6, 6.07) is 7.50. The summed E-state index contributed by atoms with van der Waals surface area (Å²) in [7, 11) is 3.18. The maximum Gasteiger partial charge on any atom is 0.277 e. The van der Waals surface area contributed by atoms with E-state index in [0.717, 1.165) is 10.6 Å². The molecule has 29 heavy (non-hydrogen) atoms. The van der Waals surface area contributed by atoms with Gasteiger partial charge in [-0.25, -0.2) is 9.97 Å². The van der Waals surface area contributed by atoms with Crippen LogP contribution in [0.25, 0.3) is 10.6 Å². The number of amides is 2. The molecule has 1 aliphatic rings. The van der Waals surface area contributed by atoms with Gasteiger partial charge in [-0.2, -0.15) is 0 Å². The number of fused-ring (bicyclic) bond motifs is 1. The first kappa shape index (κ1) is 19.1. The van der Waals surface area contributed by atoms with E-state index >= 15 is 0 Å². The number of imidazole rings is 1. The first-order valence-electron chi connectivity index (χ1n) is 8.98. The first-order chi connectivity index (χ1) is 14.0. The molecule has 3 aromatic rings. The lowest BCUT2D eigenvalue weighted by Gasteiger charge is -2.36. The molecule has 2 aromatic heterocycles. The van der Waals surface area contributed by atoms with Crippen LogP contribution in [0.4, 0.5) is 11.5 Å². The standard InChI is InChI=1S/C19H20N6O3S/c1-23-16-15(18(27)24(2)19(23)28)25(11-21-16)9-7-14(26)22-13-5-3-12(4-6-13)17-20-8-10-29-17/h3-6,8,10-11,19,28H,7,9H2,1-2H3,(H,22,26). The van der Waals surface area contributed by atoms with Gasteiger partial charge in [-0.1, -0.05) is 0 Å². The smallest absolute Gasteiger partial charge is 0.277 e. The minimum absolute atomic E-state index is 0.167. The fourth-order valence-corrected chi connectivity index (χ4v) is 3.81. The van der Waals surface area contributed by atoms with E-state index in [-0.39, 0.29) is 18.2 Å². The fourth-order valence-electron chi connectivity index (χ4n) is 3.17. The molecule has 9 nitrogen and oxygen atoms in total. The average molecular weight is 412 g/mol. The summed E-state index contributed by atoms with van der Waals surface area (Å²) in [5, 5.41) is 15.8. The SMILES string of the molecule is CN1C(=O)c2c(ncn2CCC(=O)Nc2ccc(-c3nccs3)cc2)N(C)C1O. The third kappa shape index (κ3) is 3.59. The summed E-state index contributed by atoms with van der Waals surface area (Å²) in [5.74, 6) is -0.0977. The zero-order valence-electron chi connectivity index (χ0n) is 15.9. The number of thiazole rings is 1. The van der Waals surface area contributed by atoms with Gasteiger partial charge in [-0.3, -0.25) is 14.5 Å². The molecule has 3 heterocycles. The second-order valence-electron chi connectivity index (χ2n) is 6.70. The molecule has 0 saturated carbocycles. The molecule has 10 heteroatoms. The highest BCUT2D eigenvalue weighted by Crippen LogP contribution is 2.27. The predicted octanol–water partition coefficient (Wildman–Crippen LogP) is 1.83. The predicted molar refractivity (Wildman–Crippen MR) is 110 cm³/mol. The van der Waals surface area contributed by atoms with Crippen molar-refractivity contribution in [1.29, 1.82) is 0 Å². The van der Waals surface area contributed by atoms with Crippen LogP contribution in [0.5, 0.6) is 0 Å². The van der Waals surface area contributed by atoms with Gasteiger partial charge in [0, 0.05) is 49.9 Å². The molecule has 1 atom stereocenters. The van der Waals surface area contributed by atoms with Crippen LogP contribution in [0.3, 0.4) is 0 Å². The maximum absolute atomic E-state index is 12.5. The van der Waals surface area contributed by atoms with E-state index in [1.165, 1.54) is 23.2 Å². The number of carbonyl (C=O) groups is 2. The van der Waals surface area contributed by atoms with Crippen LogP contribution >= 0.6 is 11.3 Å². The number of hydrogen-bond donors (Lipinski definition) is 2. The highest BCUT2D eigenvalue weighted by molar-refractivity contribution is 7.13. The molecule has 0 radical (unpaired) electrons. The van der Waals surface area contributed by atoms with E-state index < -0.39 is 6.35 Å². The first-order valence-corrected chi connectivity index (χ1v) is 9.86. The topological polar surface area (TPSA) is 104 Å². The number of aliphatic hydroxyl groups excluding tert-OH is 1. The van der Waals surface area contributed by atoms with Gasteiger partial charge in [0.15, 0.2) is 11.5 Å². The molecule has 2 amide bonds. The Morgan fingerprint density at radius 1 is 1.21 bits per heavy atom. The van der Waals surface area contributed by atoms with E-state index in [1.54, 1.807) is 29.1 Å².